The Balaban J connectivity index is 1.85. The standard InChI is InChI=1S/C16H32N2O/c1-4-14-6-5-9-18(11-14)13(2)10-16(3,12-19)17-15-7-8-15/h13-15,17,19H,4-12H2,1-3H3. The zero-order chi connectivity index (χ0) is 13.9. The molecule has 112 valence electrons. The second-order valence-electron chi connectivity index (χ2n) is 7.10. The monoisotopic (exact) mass is 268 g/mol. The molecule has 0 amide bonds. The van der Waals surface area contributed by atoms with E-state index in [1.165, 1.54) is 45.2 Å². The average molecular weight is 268 g/mol. The molecule has 0 aromatic rings. The molecule has 19 heavy (non-hydrogen) atoms. The maximum Gasteiger partial charge on any atom is 0.0611 e. The Morgan fingerprint density at radius 3 is 2.68 bits per heavy atom. The van der Waals surface area contributed by atoms with Gasteiger partial charge in [0.25, 0.3) is 0 Å². The molecular weight excluding hydrogens is 236 g/mol. The van der Waals surface area contributed by atoms with Crippen molar-refractivity contribution >= 4 is 0 Å². The van der Waals surface area contributed by atoms with Crippen molar-refractivity contribution in [2.45, 2.75) is 76.9 Å². The summed E-state index contributed by atoms with van der Waals surface area (Å²) >= 11 is 0. The molecule has 2 aliphatic rings. The van der Waals surface area contributed by atoms with E-state index in [0.717, 1.165) is 12.3 Å². The normalized spacial score (nSPS) is 30.0. The largest absolute Gasteiger partial charge is 0.394 e. The minimum Gasteiger partial charge on any atom is -0.394 e. The number of hydrogen-bond donors (Lipinski definition) is 2. The van der Waals surface area contributed by atoms with Gasteiger partial charge in [-0.3, -0.25) is 0 Å². The molecule has 3 heteroatoms. The average Bonchev–Trinajstić information content (AvgIpc) is 3.22. The molecule has 0 bridgehead atoms. The summed E-state index contributed by atoms with van der Waals surface area (Å²) < 4.78 is 0. The molecule has 3 atom stereocenters. The molecule has 1 aliphatic carbocycles. The van der Waals surface area contributed by atoms with Crippen LogP contribution in [0.15, 0.2) is 0 Å². The number of hydrogen-bond acceptors (Lipinski definition) is 3. The van der Waals surface area contributed by atoms with Gasteiger partial charge in [-0.05, 0) is 58.4 Å². The molecule has 0 aromatic carbocycles. The minimum absolute atomic E-state index is 0.0975. The van der Waals surface area contributed by atoms with E-state index in [2.05, 4.69) is 31.0 Å². The molecule has 1 heterocycles. The van der Waals surface area contributed by atoms with E-state index in [0.29, 0.717) is 12.1 Å². The van der Waals surface area contributed by atoms with Crippen LogP contribution in [0.1, 0.15) is 59.3 Å². The smallest absolute Gasteiger partial charge is 0.0611 e. The first-order chi connectivity index (χ1) is 9.06. The van der Waals surface area contributed by atoms with Crippen LogP contribution in [0.4, 0.5) is 0 Å². The summed E-state index contributed by atoms with van der Waals surface area (Å²) in [6.07, 6.45) is 7.67. The molecule has 2 fully saturated rings. The van der Waals surface area contributed by atoms with Crippen molar-refractivity contribution in [2.24, 2.45) is 5.92 Å². The van der Waals surface area contributed by atoms with Crippen LogP contribution < -0.4 is 5.32 Å². The summed E-state index contributed by atoms with van der Waals surface area (Å²) in [6, 6.07) is 1.23. The fourth-order valence-electron chi connectivity index (χ4n) is 3.50. The van der Waals surface area contributed by atoms with Crippen LogP contribution in [0, 0.1) is 5.92 Å². The quantitative estimate of drug-likeness (QED) is 0.744. The third-order valence-corrected chi connectivity index (χ3v) is 4.98. The van der Waals surface area contributed by atoms with Crippen molar-refractivity contribution in [3.63, 3.8) is 0 Å². The zero-order valence-electron chi connectivity index (χ0n) is 13.0. The van der Waals surface area contributed by atoms with E-state index in [9.17, 15) is 5.11 Å². The second-order valence-corrected chi connectivity index (χ2v) is 7.10. The van der Waals surface area contributed by atoms with Crippen LogP contribution in [-0.4, -0.2) is 47.3 Å². The van der Waals surface area contributed by atoms with Crippen molar-refractivity contribution < 1.29 is 5.11 Å². The van der Waals surface area contributed by atoms with Crippen LogP contribution in [0.5, 0.6) is 0 Å². The number of likely N-dealkylation sites (tertiary alicyclic amines) is 1. The summed E-state index contributed by atoms with van der Waals surface area (Å²) in [4.78, 5) is 2.64. The van der Waals surface area contributed by atoms with Gasteiger partial charge in [-0.2, -0.15) is 0 Å². The maximum absolute atomic E-state index is 9.73. The lowest BCUT2D eigenvalue weighted by Gasteiger charge is -2.40. The van der Waals surface area contributed by atoms with Crippen LogP contribution in [-0.2, 0) is 0 Å². The molecule has 3 nitrogen and oxygen atoms in total. The summed E-state index contributed by atoms with van der Waals surface area (Å²) in [6.45, 7) is 9.57. The predicted molar refractivity (Wildman–Crippen MR) is 80.3 cm³/mol. The zero-order valence-corrected chi connectivity index (χ0v) is 13.0. The molecule has 0 spiro atoms. The van der Waals surface area contributed by atoms with E-state index < -0.39 is 0 Å². The topological polar surface area (TPSA) is 35.5 Å². The summed E-state index contributed by atoms with van der Waals surface area (Å²) in [5, 5.41) is 13.4. The Kier molecular flexibility index (Phi) is 5.27. The number of rotatable bonds is 7. The van der Waals surface area contributed by atoms with Gasteiger partial charge in [0, 0.05) is 24.2 Å². The molecule has 1 aliphatic heterocycles. The maximum atomic E-state index is 9.73. The van der Waals surface area contributed by atoms with Gasteiger partial charge < -0.3 is 15.3 Å². The third-order valence-electron chi connectivity index (χ3n) is 4.98. The Bertz CT molecular complexity index is 280. The second kappa shape index (κ2) is 6.55. The highest BCUT2D eigenvalue weighted by atomic mass is 16.3. The van der Waals surface area contributed by atoms with E-state index >= 15 is 0 Å². The Morgan fingerprint density at radius 1 is 1.37 bits per heavy atom. The van der Waals surface area contributed by atoms with E-state index in [-0.39, 0.29) is 12.1 Å². The lowest BCUT2D eigenvalue weighted by atomic mass is 9.90. The molecule has 0 radical (unpaired) electrons. The summed E-state index contributed by atoms with van der Waals surface area (Å²) in [5.74, 6) is 0.882. The lowest BCUT2D eigenvalue weighted by molar-refractivity contribution is 0.0829. The molecule has 3 unspecified atom stereocenters. The van der Waals surface area contributed by atoms with Gasteiger partial charge in [0.05, 0.1) is 6.61 Å². The number of aliphatic hydroxyl groups excluding tert-OH is 1. The predicted octanol–water partition coefficient (Wildman–Crippen LogP) is 2.39. The first kappa shape index (κ1) is 15.3. The molecule has 2 rings (SSSR count). The van der Waals surface area contributed by atoms with Crippen LogP contribution in [0.25, 0.3) is 0 Å². The van der Waals surface area contributed by atoms with Crippen molar-refractivity contribution in [3.05, 3.63) is 0 Å². The fraction of sp³-hybridized carbons (Fsp3) is 1.00. The number of piperidine rings is 1. The Hall–Kier alpha value is -0.120. The van der Waals surface area contributed by atoms with E-state index in [1.54, 1.807) is 0 Å². The highest BCUT2D eigenvalue weighted by Gasteiger charge is 2.34. The van der Waals surface area contributed by atoms with E-state index in [1.807, 2.05) is 0 Å². The molecule has 1 saturated heterocycles. The number of aliphatic hydroxyl groups is 1. The van der Waals surface area contributed by atoms with Crippen molar-refractivity contribution in [2.75, 3.05) is 19.7 Å². The van der Waals surface area contributed by atoms with Crippen LogP contribution in [0.3, 0.4) is 0 Å². The fourth-order valence-corrected chi connectivity index (χ4v) is 3.50. The van der Waals surface area contributed by atoms with Gasteiger partial charge in [0.15, 0.2) is 0 Å². The minimum atomic E-state index is -0.0975. The van der Waals surface area contributed by atoms with Gasteiger partial charge >= 0.3 is 0 Å². The summed E-state index contributed by atoms with van der Waals surface area (Å²) in [7, 11) is 0. The van der Waals surface area contributed by atoms with Crippen LogP contribution >= 0.6 is 0 Å². The first-order valence-corrected chi connectivity index (χ1v) is 8.19. The lowest BCUT2D eigenvalue weighted by Crippen LogP contribution is -2.52. The van der Waals surface area contributed by atoms with Gasteiger partial charge in [-0.1, -0.05) is 13.3 Å². The van der Waals surface area contributed by atoms with E-state index in [4.69, 9.17) is 0 Å². The highest BCUT2D eigenvalue weighted by molar-refractivity contribution is 4.95. The number of nitrogens with zero attached hydrogens (tertiary/aromatic N) is 1. The molecule has 2 N–H and O–H groups in total. The summed E-state index contributed by atoms with van der Waals surface area (Å²) in [5.41, 5.74) is -0.0975. The van der Waals surface area contributed by atoms with Crippen molar-refractivity contribution in [1.82, 2.24) is 10.2 Å². The van der Waals surface area contributed by atoms with Gasteiger partial charge in [0.1, 0.15) is 0 Å². The van der Waals surface area contributed by atoms with Crippen LogP contribution in [0.2, 0.25) is 0 Å². The Morgan fingerprint density at radius 2 is 2.11 bits per heavy atom. The molecule has 0 aromatic heterocycles. The highest BCUT2D eigenvalue weighted by Crippen LogP contribution is 2.27. The molecular formula is C16H32N2O. The van der Waals surface area contributed by atoms with Crippen molar-refractivity contribution in [3.8, 4) is 0 Å². The third kappa shape index (κ3) is 4.44. The first-order valence-electron chi connectivity index (χ1n) is 8.19. The number of nitrogens with one attached hydrogen (secondary N) is 1. The van der Waals surface area contributed by atoms with Gasteiger partial charge in [0.2, 0.25) is 0 Å². The van der Waals surface area contributed by atoms with Crippen molar-refractivity contribution in [1.29, 1.82) is 0 Å². The Labute approximate surface area is 118 Å². The van der Waals surface area contributed by atoms with Gasteiger partial charge in [-0.25, -0.2) is 0 Å². The molecule has 1 saturated carbocycles. The SMILES string of the molecule is CCC1CCCN(C(C)CC(C)(CO)NC2CC2)C1. The van der Waals surface area contributed by atoms with Gasteiger partial charge in [-0.15, -0.1) is 0 Å².